The molecule has 0 spiro atoms. The molecule has 0 radical (unpaired) electrons. The minimum Gasteiger partial charge on any atom is -0.351 e. The Labute approximate surface area is 118 Å². The van der Waals surface area contributed by atoms with Crippen molar-refractivity contribution in [1.82, 2.24) is 9.88 Å². The van der Waals surface area contributed by atoms with Gasteiger partial charge in [-0.15, -0.1) is 0 Å². The zero-order valence-corrected chi connectivity index (χ0v) is 11.8. The van der Waals surface area contributed by atoms with Crippen LogP contribution in [-0.4, -0.2) is 9.49 Å². The molecular formula is C15H19N3O2. The van der Waals surface area contributed by atoms with E-state index >= 15 is 0 Å². The molecule has 0 fully saturated rings. The van der Waals surface area contributed by atoms with E-state index in [9.17, 15) is 10.1 Å². The number of benzene rings is 1. The minimum absolute atomic E-state index is 0.182. The van der Waals surface area contributed by atoms with Gasteiger partial charge in [0.15, 0.2) is 0 Å². The predicted molar refractivity (Wildman–Crippen MR) is 78.5 cm³/mol. The van der Waals surface area contributed by atoms with Crippen molar-refractivity contribution < 1.29 is 4.92 Å². The van der Waals surface area contributed by atoms with Gasteiger partial charge in [-0.25, -0.2) is 0 Å². The van der Waals surface area contributed by atoms with Crippen LogP contribution in [0.5, 0.6) is 0 Å². The average Bonchev–Trinajstić information content (AvgIpc) is 2.88. The van der Waals surface area contributed by atoms with E-state index in [-0.39, 0.29) is 10.6 Å². The Morgan fingerprint density at radius 1 is 1.25 bits per heavy atom. The van der Waals surface area contributed by atoms with Crippen LogP contribution in [0.4, 0.5) is 5.69 Å². The van der Waals surface area contributed by atoms with Gasteiger partial charge < -0.3 is 9.88 Å². The molecular weight excluding hydrogens is 254 g/mol. The zero-order chi connectivity index (χ0) is 14.5. The van der Waals surface area contributed by atoms with Gasteiger partial charge in [0.05, 0.1) is 4.92 Å². The first-order valence-electron chi connectivity index (χ1n) is 6.71. The van der Waals surface area contributed by atoms with Gasteiger partial charge in [-0.1, -0.05) is 12.1 Å². The molecule has 1 aromatic heterocycles. The second kappa shape index (κ2) is 6.34. The summed E-state index contributed by atoms with van der Waals surface area (Å²) in [4.78, 5) is 10.6. The lowest BCUT2D eigenvalue weighted by atomic mass is 10.1. The van der Waals surface area contributed by atoms with E-state index in [4.69, 9.17) is 0 Å². The molecule has 0 amide bonds. The van der Waals surface area contributed by atoms with Gasteiger partial charge in [0.2, 0.25) is 0 Å². The van der Waals surface area contributed by atoms with E-state index in [0.29, 0.717) is 6.54 Å². The smallest absolute Gasteiger partial charge is 0.272 e. The molecule has 0 aliphatic heterocycles. The first-order valence-corrected chi connectivity index (χ1v) is 6.71. The fourth-order valence-corrected chi connectivity index (χ4v) is 2.30. The average molecular weight is 273 g/mol. The van der Waals surface area contributed by atoms with Crippen molar-refractivity contribution in [3.63, 3.8) is 0 Å². The Hall–Kier alpha value is -2.14. The van der Waals surface area contributed by atoms with Crippen molar-refractivity contribution in [3.05, 3.63) is 63.5 Å². The zero-order valence-electron chi connectivity index (χ0n) is 11.8. The molecule has 0 atom stereocenters. The molecule has 0 saturated heterocycles. The molecule has 0 unspecified atom stereocenters. The summed E-state index contributed by atoms with van der Waals surface area (Å²) in [6.45, 7) is 6.23. The monoisotopic (exact) mass is 273 g/mol. The van der Waals surface area contributed by atoms with Crippen LogP contribution in [0.1, 0.15) is 23.7 Å². The number of rotatable bonds is 6. The summed E-state index contributed by atoms with van der Waals surface area (Å²) >= 11 is 0. The Balaban J connectivity index is 2.01. The molecule has 5 nitrogen and oxygen atoms in total. The van der Waals surface area contributed by atoms with E-state index in [2.05, 4.69) is 29.1 Å². The summed E-state index contributed by atoms with van der Waals surface area (Å²) in [6, 6.07) is 9.31. The SMILES string of the molecule is CCn1cccc1CNCc1cccc([N+](=O)[O-])c1C. The molecule has 1 N–H and O–H groups in total. The third kappa shape index (κ3) is 3.05. The molecule has 106 valence electrons. The lowest BCUT2D eigenvalue weighted by molar-refractivity contribution is -0.385. The first-order chi connectivity index (χ1) is 9.63. The maximum atomic E-state index is 10.9. The number of nitro benzene ring substituents is 1. The summed E-state index contributed by atoms with van der Waals surface area (Å²) < 4.78 is 2.17. The van der Waals surface area contributed by atoms with Crippen LogP contribution in [-0.2, 0) is 19.6 Å². The van der Waals surface area contributed by atoms with Gasteiger partial charge in [-0.05, 0) is 31.5 Å². The highest BCUT2D eigenvalue weighted by Crippen LogP contribution is 2.20. The van der Waals surface area contributed by atoms with Crippen LogP contribution in [0, 0.1) is 17.0 Å². The normalized spacial score (nSPS) is 10.7. The van der Waals surface area contributed by atoms with Crippen molar-refractivity contribution in [1.29, 1.82) is 0 Å². The maximum Gasteiger partial charge on any atom is 0.272 e. The summed E-state index contributed by atoms with van der Waals surface area (Å²) in [6.07, 6.45) is 2.05. The Bertz CT molecular complexity index is 605. The van der Waals surface area contributed by atoms with Crippen LogP contribution in [0.25, 0.3) is 0 Å². The number of nitrogens with zero attached hydrogens (tertiary/aromatic N) is 2. The maximum absolute atomic E-state index is 10.9. The Morgan fingerprint density at radius 3 is 2.75 bits per heavy atom. The summed E-state index contributed by atoms with van der Waals surface area (Å²) in [5.41, 5.74) is 3.10. The van der Waals surface area contributed by atoms with Gasteiger partial charge in [-0.2, -0.15) is 0 Å². The van der Waals surface area contributed by atoms with E-state index in [1.54, 1.807) is 19.1 Å². The van der Waals surface area contributed by atoms with Crippen molar-refractivity contribution in [2.45, 2.75) is 33.5 Å². The quantitative estimate of drug-likeness (QED) is 0.650. The van der Waals surface area contributed by atoms with Crippen LogP contribution in [0.3, 0.4) is 0 Å². The van der Waals surface area contributed by atoms with Crippen molar-refractivity contribution in [2.24, 2.45) is 0 Å². The Kier molecular flexibility index (Phi) is 4.53. The highest BCUT2D eigenvalue weighted by molar-refractivity contribution is 5.44. The van der Waals surface area contributed by atoms with Crippen molar-refractivity contribution in [2.75, 3.05) is 0 Å². The summed E-state index contributed by atoms with van der Waals surface area (Å²) in [5, 5.41) is 14.2. The van der Waals surface area contributed by atoms with E-state index < -0.39 is 0 Å². The topological polar surface area (TPSA) is 60.1 Å². The summed E-state index contributed by atoms with van der Waals surface area (Å²) in [7, 11) is 0. The second-order valence-electron chi connectivity index (χ2n) is 4.71. The van der Waals surface area contributed by atoms with Crippen LogP contribution in [0.2, 0.25) is 0 Å². The number of hydrogen-bond donors (Lipinski definition) is 1. The largest absolute Gasteiger partial charge is 0.351 e. The number of hydrogen-bond acceptors (Lipinski definition) is 3. The lowest BCUT2D eigenvalue weighted by Gasteiger charge is -2.10. The van der Waals surface area contributed by atoms with Gasteiger partial charge in [-0.3, -0.25) is 10.1 Å². The number of nitrogens with one attached hydrogen (secondary N) is 1. The molecule has 0 aliphatic carbocycles. The molecule has 0 aliphatic rings. The highest BCUT2D eigenvalue weighted by atomic mass is 16.6. The van der Waals surface area contributed by atoms with E-state index in [1.165, 1.54) is 5.69 Å². The van der Waals surface area contributed by atoms with E-state index in [1.807, 2.05) is 12.1 Å². The Morgan fingerprint density at radius 2 is 2.05 bits per heavy atom. The fraction of sp³-hybridized carbons (Fsp3) is 0.333. The number of aromatic nitrogens is 1. The molecule has 20 heavy (non-hydrogen) atoms. The lowest BCUT2D eigenvalue weighted by Crippen LogP contribution is -2.16. The fourth-order valence-electron chi connectivity index (χ4n) is 2.30. The minimum atomic E-state index is -0.332. The third-order valence-electron chi connectivity index (χ3n) is 3.50. The van der Waals surface area contributed by atoms with Gasteiger partial charge in [0.25, 0.3) is 5.69 Å². The van der Waals surface area contributed by atoms with Gasteiger partial charge in [0, 0.05) is 43.2 Å². The number of nitro groups is 1. The molecule has 2 rings (SSSR count). The van der Waals surface area contributed by atoms with Crippen LogP contribution in [0.15, 0.2) is 36.5 Å². The van der Waals surface area contributed by atoms with Crippen LogP contribution < -0.4 is 5.32 Å². The molecule has 1 heterocycles. The standard InChI is InChI=1S/C15H19N3O2/c1-3-17-9-5-7-14(17)11-16-10-13-6-4-8-15(12(13)2)18(19)20/h4-9,16H,3,10-11H2,1-2H3. The molecule has 0 bridgehead atoms. The number of aryl methyl sites for hydroxylation is 1. The second-order valence-corrected chi connectivity index (χ2v) is 4.71. The first kappa shape index (κ1) is 14.3. The van der Waals surface area contributed by atoms with Gasteiger partial charge >= 0.3 is 0 Å². The highest BCUT2D eigenvalue weighted by Gasteiger charge is 2.12. The third-order valence-corrected chi connectivity index (χ3v) is 3.50. The molecule has 1 aromatic carbocycles. The summed E-state index contributed by atoms with van der Waals surface area (Å²) in [5.74, 6) is 0. The molecule has 5 heteroatoms. The molecule has 2 aromatic rings. The molecule has 0 saturated carbocycles. The van der Waals surface area contributed by atoms with E-state index in [0.717, 1.165) is 24.2 Å². The van der Waals surface area contributed by atoms with Crippen molar-refractivity contribution in [3.8, 4) is 0 Å². The van der Waals surface area contributed by atoms with Gasteiger partial charge in [0.1, 0.15) is 0 Å². The van der Waals surface area contributed by atoms with Crippen molar-refractivity contribution >= 4 is 5.69 Å². The van der Waals surface area contributed by atoms with Crippen LogP contribution >= 0.6 is 0 Å². The predicted octanol–water partition coefficient (Wildman–Crippen LogP) is 3.01.